The van der Waals surface area contributed by atoms with Crippen molar-refractivity contribution < 1.29 is 33.4 Å². The van der Waals surface area contributed by atoms with Gasteiger partial charge < -0.3 is 25.3 Å². The number of hydrogen-bond donors (Lipinski definition) is 2. The van der Waals surface area contributed by atoms with Crippen LogP contribution in [0.3, 0.4) is 0 Å². The first-order valence-corrected chi connectivity index (χ1v) is 10.2. The van der Waals surface area contributed by atoms with Gasteiger partial charge in [-0.2, -0.15) is 11.3 Å². The second kappa shape index (κ2) is 10.6. The molecule has 11 heteroatoms. The summed E-state index contributed by atoms with van der Waals surface area (Å²) >= 11 is 2.28. The third-order valence-corrected chi connectivity index (χ3v) is 5.52. The molecule has 2 aromatic heterocycles. The van der Waals surface area contributed by atoms with E-state index in [0.717, 1.165) is 11.3 Å². The number of anilines is 1. The zero-order valence-electron chi connectivity index (χ0n) is 15.8. The van der Waals surface area contributed by atoms with Crippen LogP contribution < -0.4 is 11.1 Å². The van der Waals surface area contributed by atoms with E-state index in [1.54, 1.807) is 16.8 Å². The Morgan fingerprint density at radius 1 is 1.14 bits per heavy atom. The number of esters is 3. The summed E-state index contributed by atoms with van der Waals surface area (Å²) < 4.78 is 14.5. The molecule has 0 aliphatic rings. The van der Waals surface area contributed by atoms with Crippen molar-refractivity contribution in [2.24, 2.45) is 0 Å². The van der Waals surface area contributed by atoms with E-state index in [0.29, 0.717) is 18.5 Å². The number of amides is 1. The maximum Gasteiger partial charge on any atom is 0.348 e. The standard InChI is InChI=1S/C18H20N2O7S2/c1-25-17(23)13-11(14(18(24)26-2)29-15(13)19)8-27-12(21)4-3-6-20-16(22)10-5-7-28-9-10/h5,7,9H,3-4,6,8,19H2,1-2H3,(H,20,22). The molecule has 0 radical (unpaired) electrons. The average Bonchev–Trinajstić information content (AvgIpc) is 3.36. The molecular formula is C18H20N2O7S2. The molecule has 0 atom stereocenters. The van der Waals surface area contributed by atoms with Gasteiger partial charge in [-0.3, -0.25) is 9.59 Å². The topological polar surface area (TPSA) is 134 Å². The monoisotopic (exact) mass is 440 g/mol. The van der Waals surface area contributed by atoms with Crippen molar-refractivity contribution >= 4 is 51.5 Å². The molecule has 0 aliphatic heterocycles. The SMILES string of the molecule is COC(=O)c1sc(N)c(C(=O)OC)c1COC(=O)CCCNC(=O)c1ccsc1. The number of carbonyl (C=O) groups is 4. The molecule has 0 spiro atoms. The van der Waals surface area contributed by atoms with Gasteiger partial charge in [-0.15, -0.1) is 11.3 Å². The van der Waals surface area contributed by atoms with Crippen LogP contribution in [-0.2, 0) is 25.6 Å². The van der Waals surface area contributed by atoms with E-state index in [9.17, 15) is 19.2 Å². The Labute approximate surface area is 174 Å². The third kappa shape index (κ3) is 5.78. The maximum absolute atomic E-state index is 12.0. The fraction of sp³-hybridized carbons (Fsp3) is 0.333. The molecule has 3 N–H and O–H groups in total. The van der Waals surface area contributed by atoms with Crippen molar-refractivity contribution in [1.29, 1.82) is 0 Å². The summed E-state index contributed by atoms with van der Waals surface area (Å²) in [4.78, 5) is 47.8. The van der Waals surface area contributed by atoms with Gasteiger partial charge in [-0.05, 0) is 17.9 Å². The van der Waals surface area contributed by atoms with Crippen molar-refractivity contribution in [3.05, 3.63) is 38.4 Å². The van der Waals surface area contributed by atoms with Crippen molar-refractivity contribution in [1.82, 2.24) is 5.32 Å². The Hall–Kier alpha value is -2.92. The van der Waals surface area contributed by atoms with Gasteiger partial charge in [0.05, 0.1) is 14.2 Å². The molecule has 2 rings (SSSR count). The molecule has 156 valence electrons. The predicted molar refractivity (Wildman–Crippen MR) is 107 cm³/mol. The Morgan fingerprint density at radius 2 is 1.86 bits per heavy atom. The molecule has 1 amide bonds. The fourth-order valence-electron chi connectivity index (χ4n) is 2.36. The molecule has 2 aromatic rings. The van der Waals surface area contributed by atoms with Crippen LogP contribution in [0.4, 0.5) is 5.00 Å². The van der Waals surface area contributed by atoms with Gasteiger partial charge in [-0.1, -0.05) is 0 Å². The number of hydrogen-bond acceptors (Lipinski definition) is 10. The van der Waals surface area contributed by atoms with Crippen LogP contribution in [0.5, 0.6) is 0 Å². The number of methoxy groups -OCH3 is 2. The summed E-state index contributed by atoms with van der Waals surface area (Å²) in [5.74, 6) is -2.19. The second-order valence-electron chi connectivity index (χ2n) is 5.66. The molecular weight excluding hydrogens is 420 g/mol. The van der Waals surface area contributed by atoms with E-state index in [1.807, 2.05) is 0 Å². The molecule has 0 aliphatic carbocycles. The van der Waals surface area contributed by atoms with Crippen LogP contribution in [0.15, 0.2) is 16.8 Å². The van der Waals surface area contributed by atoms with E-state index >= 15 is 0 Å². The molecule has 2 heterocycles. The molecule has 0 saturated heterocycles. The van der Waals surface area contributed by atoms with E-state index in [-0.39, 0.29) is 39.9 Å². The minimum atomic E-state index is -0.740. The Kier molecular flexibility index (Phi) is 8.16. The van der Waals surface area contributed by atoms with Crippen LogP contribution >= 0.6 is 22.7 Å². The molecule has 0 bridgehead atoms. The number of ether oxygens (including phenoxy) is 3. The number of rotatable bonds is 9. The first kappa shape index (κ1) is 22.4. The maximum atomic E-state index is 12.0. The summed E-state index contributed by atoms with van der Waals surface area (Å²) in [5.41, 5.74) is 6.51. The first-order valence-electron chi connectivity index (χ1n) is 8.42. The Morgan fingerprint density at radius 3 is 2.48 bits per heavy atom. The molecule has 0 aromatic carbocycles. The van der Waals surface area contributed by atoms with Gasteiger partial charge in [0.2, 0.25) is 0 Å². The van der Waals surface area contributed by atoms with Crippen LogP contribution in [0.1, 0.15) is 48.8 Å². The van der Waals surface area contributed by atoms with Crippen LogP contribution in [0.2, 0.25) is 0 Å². The van der Waals surface area contributed by atoms with Crippen LogP contribution in [-0.4, -0.2) is 44.6 Å². The van der Waals surface area contributed by atoms with Crippen LogP contribution in [0, 0.1) is 0 Å². The molecule has 9 nitrogen and oxygen atoms in total. The molecule has 0 fully saturated rings. The summed E-state index contributed by atoms with van der Waals surface area (Å²) in [6.07, 6.45) is 0.416. The lowest BCUT2D eigenvalue weighted by molar-refractivity contribution is -0.145. The third-order valence-electron chi connectivity index (χ3n) is 3.80. The largest absolute Gasteiger partial charge is 0.465 e. The average molecular weight is 440 g/mol. The van der Waals surface area contributed by atoms with Crippen LogP contribution in [0.25, 0.3) is 0 Å². The molecule has 0 saturated carbocycles. The highest BCUT2D eigenvalue weighted by Gasteiger charge is 2.28. The van der Waals surface area contributed by atoms with E-state index in [4.69, 9.17) is 10.5 Å². The highest BCUT2D eigenvalue weighted by Crippen LogP contribution is 2.33. The normalized spacial score (nSPS) is 10.3. The van der Waals surface area contributed by atoms with Gasteiger partial charge in [0, 0.05) is 29.5 Å². The Bertz CT molecular complexity index is 890. The number of thiophene rings is 2. The van der Waals surface area contributed by atoms with Gasteiger partial charge >= 0.3 is 17.9 Å². The zero-order valence-corrected chi connectivity index (χ0v) is 17.4. The minimum absolute atomic E-state index is 0.0197. The number of nitrogens with two attached hydrogens (primary N) is 1. The van der Waals surface area contributed by atoms with Gasteiger partial charge in [-0.25, -0.2) is 9.59 Å². The quantitative estimate of drug-likeness (QED) is 0.344. The first-order chi connectivity index (χ1) is 13.9. The molecule has 29 heavy (non-hydrogen) atoms. The van der Waals surface area contributed by atoms with Gasteiger partial charge in [0.25, 0.3) is 5.91 Å². The highest BCUT2D eigenvalue weighted by atomic mass is 32.1. The lowest BCUT2D eigenvalue weighted by Gasteiger charge is -2.08. The van der Waals surface area contributed by atoms with Gasteiger partial charge in [0.1, 0.15) is 22.0 Å². The zero-order chi connectivity index (χ0) is 21.4. The van der Waals surface area contributed by atoms with Crippen molar-refractivity contribution in [2.75, 3.05) is 26.5 Å². The number of nitrogen functional groups attached to an aromatic ring is 1. The number of nitrogens with one attached hydrogen (secondary N) is 1. The lowest BCUT2D eigenvalue weighted by Crippen LogP contribution is -2.24. The van der Waals surface area contributed by atoms with Crippen molar-refractivity contribution in [3.63, 3.8) is 0 Å². The summed E-state index contributed by atoms with van der Waals surface area (Å²) in [5, 5.41) is 6.30. The second-order valence-corrected chi connectivity index (χ2v) is 7.50. The van der Waals surface area contributed by atoms with E-state index in [1.165, 1.54) is 25.6 Å². The van der Waals surface area contributed by atoms with E-state index in [2.05, 4.69) is 14.8 Å². The summed E-state index contributed by atoms with van der Waals surface area (Å²) in [6, 6.07) is 1.71. The van der Waals surface area contributed by atoms with E-state index < -0.39 is 17.9 Å². The fourth-order valence-corrected chi connectivity index (χ4v) is 3.98. The number of carbonyl (C=O) groups excluding carboxylic acids is 4. The van der Waals surface area contributed by atoms with Crippen molar-refractivity contribution in [2.45, 2.75) is 19.4 Å². The minimum Gasteiger partial charge on any atom is -0.465 e. The Balaban J connectivity index is 1.91. The van der Waals surface area contributed by atoms with Gasteiger partial charge in [0.15, 0.2) is 0 Å². The lowest BCUT2D eigenvalue weighted by atomic mass is 10.1. The summed E-state index contributed by atoms with van der Waals surface area (Å²) in [7, 11) is 2.37. The predicted octanol–water partition coefficient (Wildman–Crippen LogP) is 2.22. The van der Waals surface area contributed by atoms with Crippen molar-refractivity contribution in [3.8, 4) is 0 Å². The molecule has 0 unspecified atom stereocenters. The highest BCUT2D eigenvalue weighted by molar-refractivity contribution is 7.18. The summed E-state index contributed by atoms with van der Waals surface area (Å²) in [6.45, 7) is -0.0291. The smallest absolute Gasteiger partial charge is 0.348 e.